The number of thiazole rings is 1. The third kappa shape index (κ3) is 7.15. The van der Waals surface area contributed by atoms with Crippen LogP contribution in [-0.4, -0.2) is 45.7 Å². The van der Waals surface area contributed by atoms with E-state index in [4.69, 9.17) is 32.7 Å². The number of aryl methyl sites for hydroxylation is 2. The molecule has 1 aliphatic heterocycles. The van der Waals surface area contributed by atoms with Crippen molar-refractivity contribution < 1.29 is 24.2 Å². The number of methoxy groups -OCH3 is 1. The summed E-state index contributed by atoms with van der Waals surface area (Å²) in [5, 5.41) is 21.8. The van der Waals surface area contributed by atoms with Crippen LogP contribution in [0.3, 0.4) is 0 Å². The van der Waals surface area contributed by atoms with Gasteiger partial charge in [-0.15, -0.1) is 21.5 Å². The quantitative estimate of drug-likeness (QED) is 0.0632. The maximum atomic E-state index is 14.0. The first-order valence-electron chi connectivity index (χ1n) is 14.1. The lowest BCUT2D eigenvalue weighted by molar-refractivity contribution is -0.117. The maximum absolute atomic E-state index is 14.0. The van der Waals surface area contributed by atoms with Crippen molar-refractivity contribution in [2.24, 2.45) is 0 Å². The minimum atomic E-state index is -1.01. The van der Waals surface area contributed by atoms with Crippen LogP contribution in [0.25, 0.3) is 0 Å². The van der Waals surface area contributed by atoms with Gasteiger partial charge in [-0.1, -0.05) is 78.2 Å². The van der Waals surface area contributed by atoms with Gasteiger partial charge in [-0.2, -0.15) is 0 Å². The molecule has 0 bridgehead atoms. The van der Waals surface area contributed by atoms with Gasteiger partial charge in [-0.3, -0.25) is 14.5 Å². The van der Waals surface area contributed by atoms with Gasteiger partial charge in [0.25, 0.3) is 5.91 Å². The van der Waals surface area contributed by atoms with Crippen molar-refractivity contribution in [2.75, 3.05) is 18.6 Å². The van der Waals surface area contributed by atoms with Crippen LogP contribution in [0.1, 0.15) is 63.7 Å². The Morgan fingerprint density at radius 3 is 2.58 bits per heavy atom. The van der Waals surface area contributed by atoms with Crippen LogP contribution in [0.2, 0.25) is 10.0 Å². The number of thioether (sulfide) groups is 1. The van der Waals surface area contributed by atoms with E-state index in [0.29, 0.717) is 59.4 Å². The summed E-state index contributed by atoms with van der Waals surface area (Å²) in [6, 6.07) is 9.50. The van der Waals surface area contributed by atoms with Crippen molar-refractivity contribution in [1.29, 1.82) is 0 Å². The highest BCUT2D eigenvalue weighted by molar-refractivity contribution is 8.00. The Kier molecular flexibility index (Phi) is 10.7. The predicted molar refractivity (Wildman–Crippen MR) is 180 cm³/mol. The van der Waals surface area contributed by atoms with Gasteiger partial charge in [0, 0.05) is 15.8 Å². The lowest BCUT2D eigenvalue weighted by atomic mass is 9.95. The number of hydrogen-bond donors (Lipinski definition) is 1. The van der Waals surface area contributed by atoms with E-state index in [-0.39, 0.29) is 10.7 Å². The Labute approximate surface area is 283 Å². The number of benzene rings is 2. The van der Waals surface area contributed by atoms with Crippen LogP contribution >= 0.6 is 57.6 Å². The van der Waals surface area contributed by atoms with Crippen LogP contribution in [0, 0.1) is 13.8 Å². The SMILES string of the molecule is CCCCCOc1ccc(C2C(C(=O)c3sc(C)nc3C)=C(O)C(=O)N2c2nnc(SCc3ccc(Cl)cc3Cl)s2)cc1OC. The summed E-state index contributed by atoms with van der Waals surface area (Å²) >= 11 is 16.1. The first kappa shape index (κ1) is 33.2. The molecule has 0 saturated carbocycles. The fourth-order valence-corrected chi connectivity index (χ4v) is 8.16. The zero-order chi connectivity index (χ0) is 32.2. The van der Waals surface area contributed by atoms with Crippen molar-refractivity contribution in [2.45, 2.75) is 56.2 Å². The number of aromatic nitrogens is 3. The summed E-state index contributed by atoms with van der Waals surface area (Å²) < 4.78 is 12.2. The first-order chi connectivity index (χ1) is 21.6. The van der Waals surface area contributed by atoms with Crippen molar-refractivity contribution in [3.05, 3.63) is 84.5 Å². The van der Waals surface area contributed by atoms with E-state index in [1.807, 2.05) is 6.07 Å². The molecule has 1 amide bonds. The third-order valence-electron chi connectivity index (χ3n) is 7.04. The van der Waals surface area contributed by atoms with E-state index in [1.54, 1.807) is 44.2 Å². The molecule has 0 spiro atoms. The van der Waals surface area contributed by atoms with E-state index in [0.717, 1.165) is 24.8 Å². The number of halogens is 2. The lowest BCUT2D eigenvalue weighted by Crippen LogP contribution is -2.31. The fourth-order valence-electron chi connectivity index (χ4n) is 4.86. The van der Waals surface area contributed by atoms with Crippen molar-refractivity contribution in [3.63, 3.8) is 0 Å². The Hall–Kier alpha value is -3.16. The molecule has 9 nitrogen and oxygen atoms in total. The van der Waals surface area contributed by atoms with E-state index < -0.39 is 23.5 Å². The summed E-state index contributed by atoms with van der Waals surface area (Å²) in [6.45, 7) is 6.18. The minimum absolute atomic E-state index is 0.0669. The number of Topliss-reactive ketones (excluding diaryl/α,β-unsaturated/α-hetero) is 1. The second kappa shape index (κ2) is 14.5. The van der Waals surface area contributed by atoms with E-state index in [9.17, 15) is 14.7 Å². The number of aliphatic hydroxyl groups is 1. The number of anilines is 1. The highest BCUT2D eigenvalue weighted by atomic mass is 35.5. The van der Waals surface area contributed by atoms with Crippen molar-refractivity contribution >= 4 is 74.5 Å². The molecule has 2 aromatic carbocycles. The summed E-state index contributed by atoms with van der Waals surface area (Å²) in [6.07, 6.45) is 3.01. The number of ether oxygens (including phenoxy) is 2. The smallest absolute Gasteiger partial charge is 0.296 e. The average Bonchev–Trinajstić information content (AvgIpc) is 3.69. The van der Waals surface area contributed by atoms with Gasteiger partial charge in [-0.05, 0) is 55.7 Å². The molecule has 0 saturated heterocycles. The van der Waals surface area contributed by atoms with Crippen LogP contribution in [0.4, 0.5) is 5.13 Å². The molecule has 0 fully saturated rings. The molecule has 0 aliphatic carbocycles. The van der Waals surface area contributed by atoms with Crippen molar-refractivity contribution in [1.82, 2.24) is 15.2 Å². The molecule has 1 unspecified atom stereocenters. The van der Waals surface area contributed by atoms with E-state index in [1.165, 1.54) is 46.4 Å². The normalized spacial score (nSPS) is 14.8. The maximum Gasteiger partial charge on any atom is 0.296 e. The number of carbonyl (C=O) groups is 2. The van der Waals surface area contributed by atoms with Crippen LogP contribution < -0.4 is 14.4 Å². The topological polar surface area (TPSA) is 115 Å². The molecule has 4 aromatic rings. The van der Waals surface area contributed by atoms with Gasteiger partial charge in [0.15, 0.2) is 21.6 Å². The molecule has 14 heteroatoms. The Morgan fingerprint density at radius 2 is 1.89 bits per heavy atom. The highest BCUT2D eigenvalue weighted by Crippen LogP contribution is 2.46. The average molecular weight is 706 g/mol. The molecule has 0 radical (unpaired) electrons. The van der Waals surface area contributed by atoms with Crippen molar-refractivity contribution in [3.8, 4) is 11.5 Å². The minimum Gasteiger partial charge on any atom is -0.503 e. The van der Waals surface area contributed by atoms with Crippen LogP contribution in [0.15, 0.2) is 52.1 Å². The van der Waals surface area contributed by atoms with Crippen LogP contribution in [0.5, 0.6) is 11.5 Å². The van der Waals surface area contributed by atoms with Gasteiger partial charge in [0.05, 0.1) is 40.9 Å². The standard InChI is InChI=1S/C31H30Cl2N4O5S3/c1-5-6-7-12-42-22-11-9-18(13-23(22)41-4)25-24(26(38)28-16(2)34-17(3)44-28)27(39)29(40)37(25)30-35-36-31(45-30)43-15-19-8-10-20(32)14-21(19)33/h8-11,13-14,25,39H,5-7,12,15H2,1-4H3. The zero-order valence-electron chi connectivity index (χ0n) is 24.9. The molecule has 45 heavy (non-hydrogen) atoms. The Morgan fingerprint density at radius 1 is 1.09 bits per heavy atom. The molecule has 5 rings (SSSR count). The lowest BCUT2D eigenvalue weighted by Gasteiger charge is -2.25. The van der Waals surface area contributed by atoms with Gasteiger partial charge in [-0.25, -0.2) is 4.98 Å². The van der Waals surface area contributed by atoms with Gasteiger partial charge in [0.1, 0.15) is 0 Å². The summed E-state index contributed by atoms with van der Waals surface area (Å²) in [5.74, 6) is -0.407. The Balaban J connectivity index is 1.51. The number of hydrogen-bond acceptors (Lipinski definition) is 11. The summed E-state index contributed by atoms with van der Waals surface area (Å²) in [7, 11) is 1.53. The Bertz CT molecular complexity index is 1770. The molecule has 2 aromatic heterocycles. The summed E-state index contributed by atoms with van der Waals surface area (Å²) in [4.78, 5) is 33.8. The number of aliphatic hydroxyl groups excluding tert-OH is 1. The molecular formula is C31H30Cl2N4O5S3. The third-order valence-corrected chi connectivity index (χ3v) is 10.8. The first-order valence-corrected chi connectivity index (χ1v) is 17.5. The molecule has 1 N–H and O–H groups in total. The second-order valence-corrected chi connectivity index (χ2v) is 14.4. The molecule has 236 valence electrons. The van der Waals surface area contributed by atoms with Gasteiger partial charge < -0.3 is 14.6 Å². The number of unbranched alkanes of at least 4 members (excludes halogenated alkanes) is 2. The monoisotopic (exact) mass is 704 g/mol. The largest absolute Gasteiger partial charge is 0.503 e. The molecular weight excluding hydrogens is 675 g/mol. The predicted octanol–water partition coefficient (Wildman–Crippen LogP) is 8.57. The number of nitrogens with zero attached hydrogens (tertiary/aromatic N) is 4. The molecule has 1 atom stereocenters. The molecule has 3 heterocycles. The zero-order valence-corrected chi connectivity index (χ0v) is 28.9. The fraction of sp³-hybridized carbons (Fsp3) is 0.323. The molecule has 1 aliphatic rings. The highest BCUT2D eigenvalue weighted by Gasteiger charge is 2.47. The van der Waals surface area contributed by atoms with Gasteiger partial charge in [0.2, 0.25) is 10.9 Å². The number of ketones is 1. The number of rotatable bonds is 13. The van der Waals surface area contributed by atoms with Gasteiger partial charge >= 0.3 is 0 Å². The second-order valence-electron chi connectivity index (χ2n) is 10.2. The number of amides is 1. The van der Waals surface area contributed by atoms with E-state index >= 15 is 0 Å². The van der Waals surface area contributed by atoms with E-state index in [2.05, 4.69) is 22.1 Å². The number of carbonyl (C=O) groups excluding carboxylic acids is 2. The summed E-state index contributed by atoms with van der Waals surface area (Å²) in [5.41, 5.74) is 1.85. The van der Waals surface area contributed by atoms with Crippen LogP contribution in [-0.2, 0) is 10.5 Å².